The number of nitrogens with one attached hydrogen (secondary N) is 1. The largest absolute Gasteiger partial charge is 0.361 e. The second kappa shape index (κ2) is 7.32. The van der Waals surface area contributed by atoms with E-state index in [0.29, 0.717) is 13.0 Å². The van der Waals surface area contributed by atoms with Crippen LogP contribution in [0.2, 0.25) is 0 Å². The van der Waals surface area contributed by atoms with Crippen molar-refractivity contribution in [2.75, 3.05) is 4.90 Å². The van der Waals surface area contributed by atoms with Crippen molar-refractivity contribution in [1.29, 1.82) is 5.26 Å². The second-order valence-electron chi connectivity index (χ2n) is 10.5. The molecule has 0 spiro atoms. The van der Waals surface area contributed by atoms with Gasteiger partial charge in [-0.1, -0.05) is 55.5 Å². The molecular formula is C29H30N4O. The Bertz CT molecular complexity index is 1330. The van der Waals surface area contributed by atoms with Crippen molar-refractivity contribution >= 4 is 11.6 Å². The van der Waals surface area contributed by atoms with Gasteiger partial charge in [-0.3, -0.25) is 4.79 Å². The van der Waals surface area contributed by atoms with Crippen molar-refractivity contribution in [2.24, 2.45) is 11.7 Å². The van der Waals surface area contributed by atoms with Crippen molar-refractivity contribution in [3.05, 3.63) is 76.4 Å². The standard InChI is InChI=1S/C29H30N4O/c1-16-8-4-5-9-20(16)24-18(3)27-25(26-22(24)14-32-28(26)34)21-10-6-7-11-23(21)33(27)19-12-17(2)29(31,13-19)15-30/h4-11,17,19,21,23H,12-14,31H2,1-3H3,(H,32,34). The highest BCUT2D eigenvalue weighted by Gasteiger charge is 2.51. The van der Waals surface area contributed by atoms with E-state index in [4.69, 9.17) is 5.73 Å². The molecule has 5 unspecified atom stereocenters. The summed E-state index contributed by atoms with van der Waals surface area (Å²) in [7, 11) is 0. The number of anilines is 1. The van der Waals surface area contributed by atoms with Crippen LogP contribution in [0, 0.1) is 31.1 Å². The molecule has 5 nitrogen and oxygen atoms in total. The van der Waals surface area contributed by atoms with Crippen LogP contribution < -0.4 is 16.0 Å². The van der Waals surface area contributed by atoms with Crippen LogP contribution in [0.4, 0.5) is 5.69 Å². The van der Waals surface area contributed by atoms with Gasteiger partial charge in [-0.25, -0.2) is 0 Å². The van der Waals surface area contributed by atoms with E-state index in [-0.39, 0.29) is 29.8 Å². The summed E-state index contributed by atoms with van der Waals surface area (Å²) in [6, 6.07) is 11.1. The van der Waals surface area contributed by atoms with Crippen molar-refractivity contribution in [3.8, 4) is 17.2 Å². The summed E-state index contributed by atoms with van der Waals surface area (Å²) in [5, 5.41) is 13.0. The first-order valence-electron chi connectivity index (χ1n) is 12.2. The van der Waals surface area contributed by atoms with Crippen LogP contribution in [0.1, 0.15) is 58.3 Å². The van der Waals surface area contributed by atoms with Crippen molar-refractivity contribution in [3.63, 3.8) is 0 Å². The van der Waals surface area contributed by atoms with E-state index in [0.717, 1.165) is 23.1 Å². The van der Waals surface area contributed by atoms with Gasteiger partial charge in [-0.15, -0.1) is 0 Å². The average molecular weight is 451 g/mol. The highest BCUT2D eigenvalue weighted by molar-refractivity contribution is 6.06. The molecule has 2 aromatic rings. The SMILES string of the molecule is Cc1ccccc1-c1c(C)c2c(c3c1CNC3=O)C1C=CC=CC1N2C1CC(C)C(N)(C#N)C1. The second-order valence-corrected chi connectivity index (χ2v) is 10.5. The van der Waals surface area contributed by atoms with Crippen LogP contribution in [0.5, 0.6) is 0 Å². The Kier molecular flexibility index (Phi) is 4.56. The van der Waals surface area contributed by atoms with Crippen LogP contribution in [-0.2, 0) is 6.54 Å². The summed E-state index contributed by atoms with van der Waals surface area (Å²) < 4.78 is 0. The lowest BCUT2D eigenvalue weighted by Gasteiger charge is -2.35. The maximum absolute atomic E-state index is 13.3. The van der Waals surface area contributed by atoms with E-state index in [1.54, 1.807) is 0 Å². The Labute approximate surface area is 200 Å². The van der Waals surface area contributed by atoms with Gasteiger partial charge in [0.15, 0.2) is 0 Å². The number of aryl methyl sites for hydroxylation is 1. The fourth-order valence-corrected chi connectivity index (χ4v) is 6.88. The fraction of sp³-hybridized carbons (Fsp3) is 0.379. The summed E-state index contributed by atoms with van der Waals surface area (Å²) in [6.45, 7) is 7.00. The molecule has 0 bridgehead atoms. The molecule has 5 atom stereocenters. The zero-order chi connectivity index (χ0) is 23.8. The smallest absolute Gasteiger partial charge is 0.252 e. The Morgan fingerprint density at radius 1 is 1.18 bits per heavy atom. The third-order valence-corrected chi connectivity index (χ3v) is 8.62. The maximum Gasteiger partial charge on any atom is 0.252 e. The first-order valence-corrected chi connectivity index (χ1v) is 12.2. The summed E-state index contributed by atoms with van der Waals surface area (Å²) in [5.74, 6) is 0.254. The number of nitrogens with two attached hydrogens (primary N) is 1. The molecule has 0 aromatic heterocycles. The zero-order valence-corrected chi connectivity index (χ0v) is 19.9. The Balaban J connectivity index is 1.63. The molecule has 1 fully saturated rings. The first kappa shape index (κ1) is 21.2. The van der Waals surface area contributed by atoms with Crippen LogP contribution >= 0.6 is 0 Å². The van der Waals surface area contributed by atoms with Gasteiger partial charge < -0.3 is 16.0 Å². The summed E-state index contributed by atoms with van der Waals surface area (Å²) in [5.41, 5.74) is 14.8. The highest BCUT2D eigenvalue weighted by Crippen LogP contribution is 2.55. The summed E-state index contributed by atoms with van der Waals surface area (Å²) in [6.07, 6.45) is 10.2. The van der Waals surface area contributed by atoms with Gasteiger partial charge in [-0.05, 0) is 66.0 Å². The molecule has 34 heavy (non-hydrogen) atoms. The third kappa shape index (κ3) is 2.72. The number of hydrogen-bond acceptors (Lipinski definition) is 4. The lowest BCUT2D eigenvalue weighted by atomic mass is 9.82. The number of nitrogens with zero attached hydrogens (tertiary/aromatic N) is 2. The number of carbonyl (C=O) groups excluding carboxylic acids is 1. The van der Waals surface area contributed by atoms with Gasteiger partial charge in [0.25, 0.3) is 5.91 Å². The number of allylic oxidation sites excluding steroid dienone is 2. The zero-order valence-electron chi connectivity index (χ0n) is 19.9. The van der Waals surface area contributed by atoms with E-state index in [1.165, 1.54) is 27.9 Å². The van der Waals surface area contributed by atoms with Gasteiger partial charge in [0.1, 0.15) is 5.54 Å². The molecule has 6 rings (SSSR count). The minimum absolute atomic E-state index is 0.0228. The Morgan fingerprint density at radius 3 is 2.68 bits per heavy atom. The quantitative estimate of drug-likeness (QED) is 0.699. The van der Waals surface area contributed by atoms with Crippen molar-refractivity contribution in [2.45, 2.75) is 63.7 Å². The van der Waals surface area contributed by atoms with Crippen LogP contribution in [0.25, 0.3) is 11.1 Å². The van der Waals surface area contributed by atoms with E-state index in [1.807, 2.05) is 0 Å². The van der Waals surface area contributed by atoms with Crippen LogP contribution in [0.15, 0.2) is 48.6 Å². The summed E-state index contributed by atoms with van der Waals surface area (Å²) >= 11 is 0. The van der Waals surface area contributed by atoms with Gasteiger partial charge >= 0.3 is 0 Å². The Hall–Kier alpha value is -3.36. The fourth-order valence-electron chi connectivity index (χ4n) is 6.88. The van der Waals surface area contributed by atoms with Gasteiger partial charge in [-0.2, -0.15) is 5.26 Å². The lowest BCUT2D eigenvalue weighted by molar-refractivity contribution is 0.0965. The molecule has 0 radical (unpaired) electrons. The molecule has 4 aliphatic rings. The maximum atomic E-state index is 13.3. The number of rotatable bonds is 2. The van der Waals surface area contributed by atoms with Crippen LogP contribution in [-0.4, -0.2) is 23.5 Å². The topological polar surface area (TPSA) is 82.2 Å². The molecule has 3 N–H and O–H groups in total. The molecule has 2 aliphatic heterocycles. The van der Waals surface area contributed by atoms with E-state index in [9.17, 15) is 10.1 Å². The summed E-state index contributed by atoms with van der Waals surface area (Å²) in [4.78, 5) is 15.8. The Morgan fingerprint density at radius 2 is 1.94 bits per heavy atom. The number of carbonyl (C=O) groups is 1. The highest BCUT2D eigenvalue weighted by atomic mass is 16.1. The van der Waals surface area contributed by atoms with Gasteiger partial charge in [0, 0.05) is 24.2 Å². The number of hydrogen-bond donors (Lipinski definition) is 2. The number of nitriles is 1. The van der Waals surface area contributed by atoms with Crippen molar-refractivity contribution < 1.29 is 4.79 Å². The molecule has 1 amide bonds. The molecule has 1 saturated carbocycles. The lowest BCUT2D eigenvalue weighted by Crippen LogP contribution is -2.44. The molecule has 2 aromatic carbocycles. The number of benzene rings is 2. The minimum atomic E-state index is -0.821. The molecule has 172 valence electrons. The van der Waals surface area contributed by atoms with Gasteiger partial charge in [0.05, 0.1) is 17.7 Å². The predicted molar refractivity (Wildman–Crippen MR) is 135 cm³/mol. The first-order chi connectivity index (χ1) is 16.4. The molecular weight excluding hydrogens is 420 g/mol. The normalized spacial score (nSPS) is 30.7. The number of amides is 1. The third-order valence-electron chi connectivity index (χ3n) is 8.62. The monoisotopic (exact) mass is 450 g/mol. The molecule has 5 heteroatoms. The van der Waals surface area contributed by atoms with E-state index >= 15 is 0 Å². The predicted octanol–water partition coefficient (Wildman–Crippen LogP) is 4.63. The van der Waals surface area contributed by atoms with Crippen LogP contribution in [0.3, 0.4) is 0 Å². The molecule has 0 saturated heterocycles. The average Bonchev–Trinajstić information content (AvgIpc) is 3.47. The molecule has 2 heterocycles. The van der Waals surface area contributed by atoms with Gasteiger partial charge in [0.2, 0.25) is 0 Å². The minimum Gasteiger partial charge on any atom is -0.361 e. The van der Waals surface area contributed by atoms with E-state index in [2.05, 4.69) is 85.6 Å². The van der Waals surface area contributed by atoms with E-state index < -0.39 is 5.54 Å². The number of fused-ring (bicyclic) bond motifs is 5. The van der Waals surface area contributed by atoms with Crippen molar-refractivity contribution in [1.82, 2.24) is 5.32 Å². The molecule has 2 aliphatic carbocycles.